The van der Waals surface area contributed by atoms with Gasteiger partial charge in [0.1, 0.15) is 34.3 Å². The number of nitrogens with one attached hydrogen (secondary N) is 1. The second-order valence-electron chi connectivity index (χ2n) is 12.3. The van der Waals surface area contributed by atoms with Crippen LogP contribution in [0.15, 0.2) is 42.7 Å². The van der Waals surface area contributed by atoms with Crippen molar-refractivity contribution in [1.82, 2.24) is 9.55 Å². The number of nitrogens with zero attached hydrogens (tertiary/aromatic N) is 3. The number of aromatic nitrogens is 2. The molecule has 6 rings (SSSR count). The van der Waals surface area contributed by atoms with Gasteiger partial charge in [-0.2, -0.15) is 5.26 Å². The SMILES string of the molecule is Cn1cnc(C2CC3CC(O)(C#CC4(O)CC(C#N)(c5ccc(F)cc5F)C4)CC3C2)c1C(=O)Nc1ccc(F)c(Cl)c1. The Balaban J connectivity index is 1.11. The highest BCUT2D eigenvalue weighted by Gasteiger charge is 2.56. The number of carbonyl (C=O) groups excluding carboxylic acids is 1. The summed E-state index contributed by atoms with van der Waals surface area (Å²) in [5.74, 6) is 3.30. The quantitative estimate of drug-likeness (QED) is 0.345. The molecule has 0 radical (unpaired) electrons. The minimum atomic E-state index is -1.57. The minimum Gasteiger partial charge on any atom is -0.378 e. The number of aliphatic hydroxyl groups is 2. The van der Waals surface area contributed by atoms with Crippen LogP contribution in [0.2, 0.25) is 5.02 Å². The van der Waals surface area contributed by atoms with E-state index in [-0.39, 0.29) is 47.1 Å². The number of anilines is 1. The fourth-order valence-electron chi connectivity index (χ4n) is 7.25. The molecule has 2 unspecified atom stereocenters. The highest BCUT2D eigenvalue weighted by atomic mass is 35.5. The Morgan fingerprint density at radius 2 is 1.72 bits per heavy atom. The molecule has 0 saturated heterocycles. The zero-order chi connectivity index (χ0) is 30.7. The predicted molar refractivity (Wildman–Crippen MR) is 151 cm³/mol. The van der Waals surface area contributed by atoms with Crippen LogP contribution >= 0.6 is 11.6 Å². The molecule has 3 fully saturated rings. The normalized spacial score (nSPS) is 31.0. The van der Waals surface area contributed by atoms with Gasteiger partial charge in [-0.15, -0.1) is 0 Å². The number of rotatable bonds is 4. The number of hydrogen-bond acceptors (Lipinski definition) is 5. The lowest BCUT2D eigenvalue weighted by Crippen LogP contribution is -2.53. The average Bonchev–Trinajstić information content (AvgIpc) is 3.59. The summed E-state index contributed by atoms with van der Waals surface area (Å²) >= 11 is 5.85. The third-order valence-electron chi connectivity index (χ3n) is 9.16. The average molecular weight is 609 g/mol. The third kappa shape index (κ3) is 5.29. The molecule has 3 saturated carbocycles. The second-order valence-corrected chi connectivity index (χ2v) is 12.7. The number of benzene rings is 2. The molecule has 2 atom stereocenters. The number of halogens is 4. The summed E-state index contributed by atoms with van der Waals surface area (Å²) in [6, 6.07) is 9.02. The van der Waals surface area contributed by atoms with E-state index in [4.69, 9.17) is 11.6 Å². The van der Waals surface area contributed by atoms with E-state index in [1.807, 2.05) is 0 Å². The number of imidazole rings is 1. The first-order chi connectivity index (χ1) is 20.3. The van der Waals surface area contributed by atoms with Gasteiger partial charge in [0.15, 0.2) is 0 Å². The first kappa shape index (κ1) is 29.3. The van der Waals surface area contributed by atoms with Gasteiger partial charge in [0.2, 0.25) is 0 Å². The van der Waals surface area contributed by atoms with Gasteiger partial charge in [0.25, 0.3) is 5.91 Å². The lowest BCUT2D eigenvalue weighted by atomic mass is 9.57. The molecule has 11 heteroatoms. The minimum absolute atomic E-state index is 0.0102. The number of nitriles is 1. The van der Waals surface area contributed by atoms with Crippen molar-refractivity contribution in [2.24, 2.45) is 18.9 Å². The maximum atomic E-state index is 14.4. The third-order valence-corrected chi connectivity index (χ3v) is 9.45. The molecule has 3 N–H and O–H groups in total. The molecule has 1 heterocycles. The van der Waals surface area contributed by atoms with Crippen molar-refractivity contribution >= 4 is 23.2 Å². The van der Waals surface area contributed by atoms with E-state index in [0.29, 0.717) is 48.8 Å². The molecule has 2 aromatic carbocycles. The fraction of sp³-hybridized carbons (Fsp3) is 0.406. The van der Waals surface area contributed by atoms with E-state index in [1.165, 1.54) is 24.3 Å². The summed E-state index contributed by atoms with van der Waals surface area (Å²) in [5.41, 5.74) is -2.79. The Kier molecular flexibility index (Phi) is 7.08. The van der Waals surface area contributed by atoms with Crippen LogP contribution in [-0.2, 0) is 12.5 Å². The maximum Gasteiger partial charge on any atom is 0.274 e. The van der Waals surface area contributed by atoms with E-state index in [1.54, 1.807) is 17.9 Å². The molecule has 3 aromatic rings. The van der Waals surface area contributed by atoms with Gasteiger partial charge in [-0.05, 0) is 61.8 Å². The number of hydrogen-bond donors (Lipinski definition) is 3. The smallest absolute Gasteiger partial charge is 0.274 e. The summed E-state index contributed by atoms with van der Waals surface area (Å²) in [6.07, 6.45) is 3.44. The molecule has 3 aliphatic rings. The highest BCUT2D eigenvalue weighted by molar-refractivity contribution is 6.31. The highest BCUT2D eigenvalue weighted by Crippen LogP contribution is 2.55. The van der Waals surface area contributed by atoms with Crippen molar-refractivity contribution in [2.45, 2.75) is 61.1 Å². The first-order valence-corrected chi connectivity index (χ1v) is 14.3. The number of carbonyl (C=O) groups is 1. The molecule has 0 bridgehead atoms. The monoisotopic (exact) mass is 608 g/mol. The predicted octanol–water partition coefficient (Wildman–Crippen LogP) is 5.37. The van der Waals surface area contributed by atoms with Crippen LogP contribution < -0.4 is 5.32 Å². The molecular weight excluding hydrogens is 581 g/mol. The van der Waals surface area contributed by atoms with Crippen molar-refractivity contribution in [1.29, 1.82) is 5.26 Å². The molecule has 1 aromatic heterocycles. The van der Waals surface area contributed by atoms with E-state index in [0.717, 1.165) is 6.07 Å². The van der Waals surface area contributed by atoms with Crippen molar-refractivity contribution in [3.8, 4) is 17.9 Å². The van der Waals surface area contributed by atoms with Crippen LogP contribution in [0, 0.1) is 52.5 Å². The number of amides is 1. The molecular formula is C32H28ClF3N4O3. The molecule has 0 spiro atoms. The van der Waals surface area contributed by atoms with Crippen molar-refractivity contribution in [3.05, 3.63) is 82.2 Å². The van der Waals surface area contributed by atoms with Crippen LogP contribution in [0.5, 0.6) is 0 Å². The van der Waals surface area contributed by atoms with Crippen molar-refractivity contribution in [2.75, 3.05) is 5.32 Å². The summed E-state index contributed by atoms with van der Waals surface area (Å²) in [5, 5.41) is 34.7. The van der Waals surface area contributed by atoms with Gasteiger partial charge < -0.3 is 20.1 Å². The summed E-state index contributed by atoms with van der Waals surface area (Å²) in [6.45, 7) is 0. The topological polar surface area (TPSA) is 111 Å². The van der Waals surface area contributed by atoms with E-state index < -0.39 is 34.1 Å². The summed E-state index contributed by atoms with van der Waals surface area (Å²) in [7, 11) is 1.73. The Bertz CT molecular complexity index is 1720. The lowest BCUT2D eigenvalue weighted by molar-refractivity contribution is -0.0225. The van der Waals surface area contributed by atoms with Crippen LogP contribution in [0.3, 0.4) is 0 Å². The Morgan fingerprint density at radius 3 is 2.35 bits per heavy atom. The largest absolute Gasteiger partial charge is 0.378 e. The van der Waals surface area contributed by atoms with Crippen LogP contribution in [0.25, 0.3) is 0 Å². The van der Waals surface area contributed by atoms with Crippen LogP contribution in [0.1, 0.15) is 66.2 Å². The van der Waals surface area contributed by atoms with Gasteiger partial charge in [-0.1, -0.05) is 29.5 Å². The molecule has 1 amide bonds. The van der Waals surface area contributed by atoms with E-state index >= 15 is 0 Å². The number of aryl methyl sites for hydroxylation is 1. The molecule has 7 nitrogen and oxygen atoms in total. The van der Waals surface area contributed by atoms with E-state index in [2.05, 4.69) is 28.2 Å². The Labute approximate surface area is 251 Å². The first-order valence-electron chi connectivity index (χ1n) is 14.0. The van der Waals surface area contributed by atoms with Crippen LogP contribution in [0.4, 0.5) is 18.9 Å². The summed E-state index contributed by atoms with van der Waals surface area (Å²) < 4.78 is 42.9. The molecule has 3 aliphatic carbocycles. The van der Waals surface area contributed by atoms with Crippen LogP contribution in [-0.4, -0.2) is 36.9 Å². The van der Waals surface area contributed by atoms with Crippen molar-refractivity contribution < 1.29 is 28.2 Å². The molecule has 43 heavy (non-hydrogen) atoms. The van der Waals surface area contributed by atoms with Gasteiger partial charge >= 0.3 is 0 Å². The Morgan fingerprint density at radius 1 is 1.05 bits per heavy atom. The molecule has 0 aliphatic heterocycles. The fourth-order valence-corrected chi connectivity index (χ4v) is 7.43. The second kappa shape index (κ2) is 10.4. The standard InChI is InChI=1S/C32H28ClF3N4O3/c1-40-17-38-27(28(40)29(41)39-22-3-5-25(35)24(33)11-22)18-8-19-12-31(42,13-20(19)9-18)6-7-32(43)14-30(15-32,16-37)23-4-2-21(34)10-26(23)36/h2-5,10-11,17-20,42-43H,8-9,12-15H2,1H3,(H,39,41). The van der Waals surface area contributed by atoms with Gasteiger partial charge in [0, 0.05) is 43.1 Å². The maximum absolute atomic E-state index is 14.4. The molecule has 222 valence electrons. The number of fused-ring (bicyclic) bond motifs is 1. The Hall–Kier alpha value is -3.83. The zero-order valence-corrected chi connectivity index (χ0v) is 23.9. The van der Waals surface area contributed by atoms with E-state index in [9.17, 15) is 33.4 Å². The zero-order valence-electron chi connectivity index (χ0n) is 23.2. The van der Waals surface area contributed by atoms with Gasteiger partial charge in [-0.25, -0.2) is 18.2 Å². The lowest BCUT2D eigenvalue weighted by Gasteiger charge is -2.46. The van der Waals surface area contributed by atoms with Gasteiger partial charge in [-0.3, -0.25) is 4.79 Å². The van der Waals surface area contributed by atoms with Crippen molar-refractivity contribution in [3.63, 3.8) is 0 Å². The summed E-state index contributed by atoms with van der Waals surface area (Å²) in [4.78, 5) is 17.7. The van der Waals surface area contributed by atoms with Gasteiger partial charge in [0.05, 0.1) is 28.5 Å².